The van der Waals surface area contributed by atoms with Crippen LogP contribution < -0.4 is 15.8 Å². The molecular formula is C12H13ClN2O2. The van der Waals surface area contributed by atoms with Gasteiger partial charge in [0.25, 0.3) is 0 Å². The number of benzene rings is 1. The van der Waals surface area contributed by atoms with Crippen LogP contribution in [-0.4, -0.2) is 19.1 Å². The fraction of sp³-hybridized carbons (Fsp3) is 0.250. The van der Waals surface area contributed by atoms with Crippen LogP contribution in [0.3, 0.4) is 0 Å². The van der Waals surface area contributed by atoms with Crippen LogP contribution >= 0.6 is 11.6 Å². The van der Waals surface area contributed by atoms with Gasteiger partial charge in [-0.2, -0.15) is 0 Å². The van der Waals surface area contributed by atoms with Gasteiger partial charge in [-0.25, -0.2) is 0 Å². The van der Waals surface area contributed by atoms with E-state index in [0.717, 1.165) is 0 Å². The highest BCUT2D eigenvalue weighted by molar-refractivity contribution is 6.31. The monoisotopic (exact) mass is 252 g/mol. The van der Waals surface area contributed by atoms with Crippen molar-refractivity contribution in [3.63, 3.8) is 0 Å². The molecule has 90 valence electrons. The predicted octanol–water partition coefficient (Wildman–Crippen LogP) is 1.64. The van der Waals surface area contributed by atoms with Crippen molar-refractivity contribution in [2.24, 2.45) is 5.73 Å². The van der Waals surface area contributed by atoms with E-state index in [1.807, 2.05) is 0 Å². The van der Waals surface area contributed by atoms with Gasteiger partial charge in [-0.05, 0) is 18.2 Å². The smallest absolute Gasteiger partial charge is 0.242 e. The number of hydrogen-bond donors (Lipinski definition) is 2. The molecule has 1 rings (SSSR count). The lowest BCUT2D eigenvalue weighted by Crippen LogP contribution is -2.35. The maximum absolute atomic E-state index is 11.7. The summed E-state index contributed by atoms with van der Waals surface area (Å²) in [6.07, 6.45) is 5.26. The molecule has 3 N–H and O–H groups in total. The van der Waals surface area contributed by atoms with E-state index in [4.69, 9.17) is 28.5 Å². The molecule has 0 heterocycles. The fourth-order valence-corrected chi connectivity index (χ4v) is 1.40. The van der Waals surface area contributed by atoms with Crippen molar-refractivity contribution in [3.8, 4) is 18.1 Å². The van der Waals surface area contributed by atoms with E-state index in [-0.39, 0.29) is 12.3 Å². The average molecular weight is 253 g/mol. The third kappa shape index (κ3) is 3.66. The van der Waals surface area contributed by atoms with Crippen molar-refractivity contribution < 1.29 is 9.53 Å². The summed E-state index contributed by atoms with van der Waals surface area (Å²) in [7, 11) is 1.50. The second kappa shape index (κ2) is 6.14. The largest absolute Gasteiger partial charge is 0.495 e. The van der Waals surface area contributed by atoms with Gasteiger partial charge >= 0.3 is 0 Å². The molecule has 1 unspecified atom stereocenters. The van der Waals surface area contributed by atoms with E-state index in [2.05, 4.69) is 11.2 Å². The van der Waals surface area contributed by atoms with Crippen molar-refractivity contribution in [2.75, 3.05) is 12.4 Å². The minimum absolute atomic E-state index is 0.175. The summed E-state index contributed by atoms with van der Waals surface area (Å²) >= 11 is 5.83. The van der Waals surface area contributed by atoms with Gasteiger partial charge in [0.2, 0.25) is 5.91 Å². The Bertz CT molecular complexity index is 454. The average Bonchev–Trinajstić information content (AvgIpc) is 2.29. The third-order valence-corrected chi connectivity index (χ3v) is 2.33. The van der Waals surface area contributed by atoms with Gasteiger partial charge in [0, 0.05) is 11.4 Å². The Balaban J connectivity index is 2.84. The molecule has 1 aromatic carbocycles. The number of methoxy groups -OCH3 is 1. The van der Waals surface area contributed by atoms with Crippen molar-refractivity contribution in [1.29, 1.82) is 0 Å². The van der Waals surface area contributed by atoms with E-state index in [0.29, 0.717) is 16.5 Å². The molecule has 1 atom stereocenters. The first-order chi connectivity index (χ1) is 8.08. The summed E-state index contributed by atoms with van der Waals surface area (Å²) in [6.45, 7) is 0. The minimum atomic E-state index is -0.747. The predicted molar refractivity (Wildman–Crippen MR) is 68.1 cm³/mol. The van der Waals surface area contributed by atoms with Gasteiger partial charge in [-0.1, -0.05) is 11.6 Å². The Kier molecular flexibility index (Phi) is 4.83. The number of carbonyl (C=O) groups excluding carboxylic acids is 1. The lowest BCUT2D eigenvalue weighted by Gasteiger charge is -2.13. The number of ether oxygens (including phenoxy) is 1. The second-order valence-electron chi connectivity index (χ2n) is 3.35. The topological polar surface area (TPSA) is 64.4 Å². The molecule has 0 spiro atoms. The number of rotatable bonds is 4. The van der Waals surface area contributed by atoms with E-state index in [1.165, 1.54) is 7.11 Å². The normalized spacial score (nSPS) is 11.4. The lowest BCUT2D eigenvalue weighted by molar-refractivity contribution is -0.117. The molecule has 0 aliphatic carbocycles. The van der Waals surface area contributed by atoms with Crippen molar-refractivity contribution in [3.05, 3.63) is 23.2 Å². The molecule has 4 nitrogen and oxygen atoms in total. The molecule has 0 saturated carbocycles. The van der Waals surface area contributed by atoms with Crippen LogP contribution in [0.2, 0.25) is 5.02 Å². The van der Waals surface area contributed by atoms with Gasteiger partial charge in [0.15, 0.2) is 0 Å². The number of nitrogens with two attached hydrogens (primary N) is 1. The van der Waals surface area contributed by atoms with Crippen LogP contribution in [0.15, 0.2) is 18.2 Å². The molecular weight excluding hydrogens is 240 g/mol. The molecule has 1 amide bonds. The van der Waals surface area contributed by atoms with Crippen LogP contribution in [0.1, 0.15) is 6.42 Å². The number of amides is 1. The number of halogens is 1. The summed E-state index contributed by atoms with van der Waals surface area (Å²) in [5.74, 6) is 2.47. The molecule has 1 aromatic rings. The fourth-order valence-electron chi connectivity index (χ4n) is 1.22. The molecule has 0 aliphatic rings. The quantitative estimate of drug-likeness (QED) is 0.801. The zero-order valence-electron chi connectivity index (χ0n) is 9.37. The highest BCUT2D eigenvalue weighted by Gasteiger charge is 2.14. The molecule has 0 radical (unpaired) electrons. The van der Waals surface area contributed by atoms with E-state index < -0.39 is 6.04 Å². The SMILES string of the molecule is C#CCC(N)C(=O)Nc1cc(Cl)ccc1OC. The van der Waals surface area contributed by atoms with Crippen LogP contribution in [0.25, 0.3) is 0 Å². The lowest BCUT2D eigenvalue weighted by atomic mass is 10.2. The van der Waals surface area contributed by atoms with Crippen molar-refractivity contribution >= 4 is 23.2 Å². The number of hydrogen-bond acceptors (Lipinski definition) is 3. The van der Waals surface area contributed by atoms with Crippen molar-refractivity contribution in [1.82, 2.24) is 0 Å². The summed E-state index contributed by atoms with van der Waals surface area (Å²) < 4.78 is 5.09. The number of nitrogens with one attached hydrogen (secondary N) is 1. The third-order valence-electron chi connectivity index (χ3n) is 2.09. The Labute approximate surface area is 105 Å². The Morgan fingerprint density at radius 1 is 1.71 bits per heavy atom. The zero-order chi connectivity index (χ0) is 12.8. The van der Waals surface area contributed by atoms with E-state index in [1.54, 1.807) is 18.2 Å². The standard InChI is InChI=1S/C12H13ClN2O2/c1-3-4-9(14)12(16)15-10-7-8(13)5-6-11(10)17-2/h1,5-7,9H,4,14H2,2H3,(H,15,16). The van der Waals surface area contributed by atoms with Gasteiger partial charge < -0.3 is 15.8 Å². The maximum atomic E-state index is 11.7. The number of anilines is 1. The summed E-state index contributed by atoms with van der Waals surface area (Å²) in [6, 6.07) is 4.16. The maximum Gasteiger partial charge on any atom is 0.242 e. The van der Waals surface area contributed by atoms with Crippen LogP contribution in [-0.2, 0) is 4.79 Å². The molecule has 17 heavy (non-hydrogen) atoms. The van der Waals surface area contributed by atoms with E-state index in [9.17, 15) is 4.79 Å². The van der Waals surface area contributed by atoms with Gasteiger partial charge in [0.05, 0.1) is 18.8 Å². The summed E-state index contributed by atoms with van der Waals surface area (Å²) in [5.41, 5.74) is 6.05. The highest BCUT2D eigenvalue weighted by atomic mass is 35.5. The minimum Gasteiger partial charge on any atom is -0.495 e. The first-order valence-electron chi connectivity index (χ1n) is 4.92. The highest BCUT2D eigenvalue weighted by Crippen LogP contribution is 2.27. The molecule has 0 aliphatic heterocycles. The van der Waals surface area contributed by atoms with Crippen LogP contribution in [0, 0.1) is 12.3 Å². The first-order valence-corrected chi connectivity index (χ1v) is 5.29. The molecule has 0 aromatic heterocycles. The Morgan fingerprint density at radius 2 is 2.41 bits per heavy atom. The van der Waals surface area contributed by atoms with Crippen LogP contribution in [0.4, 0.5) is 5.69 Å². The molecule has 0 saturated heterocycles. The summed E-state index contributed by atoms with van der Waals surface area (Å²) in [5, 5.41) is 3.11. The first kappa shape index (κ1) is 13.4. The number of carbonyl (C=O) groups is 1. The molecule has 5 heteroatoms. The summed E-state index contributed by atoms with van der Waals surface area (Å²) in [4.78, 5) is 11.7. The van der Waals surface area contributed by atoms with Gasteiger partial charge in [0.1, 0.15) is 5.75 Å². The molecule has 0 fully saturated rings. The zero-order valence-corrected chi connectivity index (χ0v) is 10.1. The Hall–Kier alpha value is -1.70. The molecule has 0 bridgehead atoms. The van der Waals surface area contributed by atoms with Gasteiger partial charge in [-0.15, -0.1) is 12.3 Å². The Morgan fingerprint density at radius 3 is 3.00 bits per heavy atom. The van der Waals surface area contributed by atoms with E-state index >= 15 is 0 Å². The second-order valence-corrected chi connectivity index (χ2v) is 3.79. The van der Waals surface area contributed by atoms with Crippen molar-refractivity contribution in [2.45, 2.75) is 12.5 Å². The van der Waals surface area contributed by atoms with Gasteiger partial charge in [-0.3, -0.25) is 4.79 Å². The number of terminal acetylenes is 1. The van der Waals surface area contributed by atoms with Crippen LogP contribution in [0.5, 0.6) is 5.75 Å².